The summed E-state index contributed by atoms with van der Waals surface area (Å²) in [5.74, 6) is -0.0452. The Morgan fingerprint density at radius 2 is 2.29 bits per heavy atom. The molecule has 1 atom stereocenters. The van der Waals surface area contributed by atoms with E-state index in [0.717, 1.165) is 12.1 Å². The third kappa shape index (κ3) is 2.29. The largest absolute Gasteiger partial charge is 0.320 e. The van der Waals surface area contributed by atoms with Gasteiger partial charge in [0.25, 0.3) is 5.91 Å². The molecule has 0 bridgehead atoms. The summed E-state index contributed by atoms with van der Waals surface area (Å²) in [6.45, 7) is 3.80. The van der Waals surface area contributed by atoms with Crippen molar-refractivity contribution in [2.75, 3.05) is 19.6 Å². The third-order valence-corrected chi connectivity index (χ3v) is 3.03. The lowest BCUT2D eigenvalue weighted by atomic mass is 10.1. The lowest BCUT2D eigenvalue weighted by Gasteiger charge is -2.32. The Balaban J connectivity index is 2.25. The van der Waals surface area contributed by atoms with Crippen molar-refractivity contribution in [1.82, 2.24) is 10.2 Å². The van der Waals surface area contributed by atoms with E-state index in [1.165, 1.54) is 0 Å². The molecule has 1 aliphatic rings. The molecular weight excluding hydrogens is 214 g/mol. The van der Waals surface area contributed by atoms with Crippen LogP contribution < -0.4 is 5.32 Å². The fourth-order valence-corrected chi connectivity index (χ4v) is 2.03. The molecule has 1 N–H and O–H groups in total. The topological polar surface area (TPSA) is 56.1 Å². The van der Waals surface area contributed by atoms with Crippen molar-refractivity contribution in [2.24, 2.45) is 0 Å². The number of benzene rings is 1. The molecular formula is C13H15N3O. The smallest absolute Gasteiger partial charge is 0.255 e. The van der Waals surface area contributed by atoms with Crippen molar-refractivity contribution < 1.29 is 4.79 Å². The first-order valence-corrected chi connectivity index (χ1v) is 5.71. The lowest BCUT2D eigenvalue weighted by Crippen LogP contribution is -2.53. The van der Waals surface area contributed by atoms with Gasteiger partial charge in [-0.15, -0.1) is 0 Å². The van der Waals surface area contributed by atoms with Gasteiger partial charge >= 0.3 is 0 Å². The molecule has 4 nitrogen and oxygen atoms in total. The van der Waals surface area contributed by atoms with Gasteiger partial charge in [0.05, 0.1) is 6.07 Å². The van der Waals surface area contributed by atoms with Crippen LogP contribution in [0.3, 0.4) is 0 Å². The zero-order valence-electron chi connectivity index (χ0n) is 9.81. The van der Waals surface area contributed by atoms with E-state index in [-0.39, 0.29) is 11.9 Å². The molecule has 1 aromatic carbocycles. The number of rotatable bonds is 1. The first-order chi connectivity index (χ1) is 8.24. The quantitative estimate of drug-likeness (QED) is 0.779. The standard InChI is InChI=1S/C13H15N3O/c1-10-4-2-3-5-12(10)13(17)16-7-6-15-9-11(16)8-14/h2-5,11,15H,6-7,9H2,1H3. The van der Waals surface area contributed by atoms with E-state index in [0.29, 0.717) is 18.7 Å². The van der Waals surface area contributed by atoms with E-state index in [9.17, 15) is 4.79 Å². The summed E-state index contributed by atoms with van der Waals surface area (Å²) in [5.41, 5.74) is 1.64. The second-order valence-corrected chi connectivity index (χ2v) is 4.16. The van der Waals surface area contributed by atoms with Crippen LogP contribution in [0.15, 0.2) is 24.3 Å². The predicted octanol–water partition coefficient (Wildman–Crippen LogP) is 0.933. The average Bonchev–Trinajstić information content (AvgIpc) is 2.38. The van der Waals surface area contributed by atoms with E-state index in [2.05, 4.69) is 11.4 Å². The average molecular weight is 229 g/mol. The van der Waals surface area contributed by atoms with Crippen molar-refractivity contribution in [1.29, 1.82) is 5.26 Å². The van der Waals surface area contributed by atoms with Gasteiger partial charge in [-0.05, 0) is 18.6 Å². The van der Waals surface area contributed by atoms with Gasteiger partial charge in [0.2, 0.25) is 0 Å². The molecule has 17 heavy (non-hydrogen) atoms. The third-order valence-electron chi connectivity index (χ3n) is 3.03. The van der Waals surface area contributed by atoms with Crippen LogP contribution in [0.2, 0.25) is 0 Å². The Hall–Kier alpha value is -1.86. The number of nitriles is 1. The van der Waals surface area contributed by atoms with E-state index in [1.807, 2.05) is 31.2 Å². The summed E-state index contributed by atoms with van der Waals surface area (Å²) >= 11 is 0. The molecule has 0 aromatic heterocycles. The Labute approximate surface area is 101 Å². The summed E-state index contributed by atoms with van der Waals surface area (Å²) in [5, 5.41) is 12.2. The number of nitrogens with zero attached hydrogens (tertiary/aromatic N) is 2. The van der Waals surface area contributed by atoms with Crippen LogP contribution in [0, 0.1) is 18.3 Å². The minimum atomic E-state index is -0.365. The Morgan fingerprint density at radius 3 is 3.00 bits per heavy atom. The van der Waals surface area contributed by atoms with Crippen LogP contribution in [0.25, 0.3) is 0 Å². The monoisotopic (exact) mass is 229 g/mol. The summed E-state index contributed by atoms with van der Waals surface area (Å²) < 4.78 is 0. The SMILES string of the molecule is Cc1ccccc1C(=O)N1CCNCC1C#N. The number of carbonyl (C=O) groups is 1. The van der Waals surface area contributed by atoms with Crippen molar-refractivity contribution in [3.05, 3.63) is 35.4 Å². The summed E-state index contributed by atoms with van der Waals surface area (Å²) in [7, 11) is 0. The molecule has 0 radical (unpaired) electrons. The molecule has 1 saturated heterocycles. The van der Waals surface area contributed by atoms with E-state index in [1.54, 1.807) is 4.90 Å². The fraction of sp³-hybridized carbons (Fsp3) is 0.385. The molecule has 0 spiro atoms. The number of carbonyl (C=O) groups excluding carboxylic acids is 1. The molecule has 88 valence electrons. The van der Waals surface area contributed by atoms with Gasteiger partial charge in [-0.2, -0.15) is 5.26 Å². The maximum absolute atomic E-state index is 12.3. The van der Waals surface area contributed by atoms with Crippen molar-refractivity contribution >= 4 is 5.91 Å². The molecule has 4 heteroatoms. The van der Waals surface area contributed by atoms with Crippen molar-refractivity contribution in [2.45, 2.75) is 13.0 Å². The highest BCUT2D eigenvalue weighted by Gasteiger charge is 2.27. The molecule has 0 saturated carbocycles. The van der Waals surface area contributed by atoms with Crippen LogP contribution >= 0.6 is 0 Å². The van der Waals surface area contributed by atoms with Gasteiger partial charge in [-0.3, -0.25) is 4.79 Å². The minimum Gasteiger partial charge on any atom is -0.320 e. The summed E-state index contributed by atoms with van der Waals surface area (Å²) in [6, 6.07) is 9.29. The first-order valence-electron chi connectivity index (χ1n) is 5.71. The lowest BCUT2D eigenvalue weighted by molar-refractivity contribution is 0.0686. The van der Waals surface area contributed by atoms with Gasteiger partial charge in [-0.25, -0.2) is 0 Å². The zero-order valence-corrected chi connectivity index (χ0v) is 9.81. The van der Waals surface area contributed by atoms with Crippen molar-refractivity contribution in [3.8, 4) is 6.07 Å². The predicted molar refractivity (Wildman–Crippen MR) is 64.5 cm³/mol. The second kappa shape index (κ2) is 4.98. The van der Waals surface area contributed by atoms with Crippen LogP contribution in [0.5, 0.6) is 0 Å². The highest BCUT2D eigenvalue weighted by atomic mass is 16.2. The zero-order chi connectivity index (χ0) is 12.3. The normalized spacial score (nSPS) is 19.8. The molecule has 1 unspecified atom stereocenters. The minimum absolute atomic E-state index is 0.0452. The van der Waals surface area contributed by atoms with E-state index < -0.39 is 0 Å². The Kier molecular flexibility index (Phi) is 3.40. The van der Waals surface area contributed by atoms with E-state index in [4.69, 9.17) is 5.26 Å². The molecule has 1 aromatic rings. The molecule has 1 amide bonds. The van der Waals surface area contributed by atoms with Gasteiger partial charge in [0.15, 0.2) is 0 Å². The van der Waals surface area contributed by atoms with Crippen molar-refractivity contribution in [3.63, 3.8) is 0 Å². The first kappa shape index (κ1) is 11.6. The molecule has 1 aliphatic heterocycles. The van der Waals surface area contributed by atoms with Gasteiger partial charge in [0, 0.05) is 25.2 Å². The molecule has 2 rings (SSSR count). The Morgan fingerprint density at radius 1 is 1.53 bits per heavy atom. The van der Waals surface area contributed by atoms with Crippen LogP contribution in [-0.4, -0.2) is 36.5 Å². The van der Waals surface area contributed by atoms with Gasteiger partial charge in [-0.1, -0.05) is 18.2 Å². The number of aryl methyl sites for hydroxylation is 1. The maximum atomic E-state index is 12.3. The maximum Gasteiger partial charge on any atom is 0.255 e. The summed E-state index contributed by atoms with van der Waals surface area (Å²) in [4.78, 5) is 14.0. The number of piperazine rings is 1. The van der Waals surface area contributed by atoms with E-state index >= 15 is 0 Å². The molecule has 0 aliphatic carbocycles. The number of hydrogen-bond donors (Lipinski definition) is 1. The molecule has 1 fully saturated rings. The van der Waals surface area contributed by atoms with Crippen LogP contribution in [0.4, 0.5) is 0 Å². The Bertz CT molecular complexity index is 464. The number of amides is 1. The van der Waals surface area contributed by atoms with Gasteiger partial charge < -0.3 is 10.2 Å². The van der Waals surface area contributed by atoms with Crippen LogP contribution in [0.1, 0.15) is 15.9 Å². The molecule has 1 heterocycles. The van der Waals surface area contributed by atoms with Gasteiger partial charge in [0.1, 0.15) is 6.04 Å². The van der Waals surface area contributed by atoms with Crippen LogP contribution in [-0.2, 0) is 0 Å². The second-order valence-electron chi connectivity index (χ2n) is 4.16. The summed E-state index contributed by atoms with van der Waals surface area (Å²) in [6.07, 6.45) is 0. The highest BCUT2D eigenvalue weighted by molar-refractivity contribution is 5.96. The number of nitrogens with one attached hydrogen (secondary N) is 1. The highest BCUT2D eigenvalue weighted by Crippen LogP contribution is 2.13. The number of hydrogen-bond acceptors (Lipinski definition) is 3. The fourth-order valence-electron chi connectivity index (χ4n) is 2.03.